The monoisotopic (exact) mass is 338 g/mol. The Morgan fingerprint density at radius 2 is 2.05 bits per heavy atom. The molecular formula is C17H11BrN2O. The number of aromatic nitrogens is 1. The van der Waals surface area contributed by atoms with E-state index in [-0.39, 0.29) is 5.78 Å². The van der Waals surface area contributed by atoms with Crippen LogP contribution in [0.5, 0.6) is 0 Å². The molecule has 0 saturated carbocycles. The summed E-state index contributed by atoms with van der Waals surface area (Å²) in [6, 6.07) is 13.0. The predicted octanol–water partition coefficient (Wildman–Crippen LogP) is 4.34. The van der Waals surface area contributed by atoms with Crippen LogP contribution in [0.1, 0.15) is 27.0 Å². The zero-order valence-electron chi connectivity index (χ0n) is 11.3. The van der Waals surface area contributed by atoms with Crippen LogP contribution in [0, 0.1) is 18.3 Å². The van der Waals surface area contributed by atoms with E-state index in [1.54, 1.807) is 24.4 Å². The van der Waals surface area contributed by atoms with Crippen molar-refractivity contribution in [3.63, 3.8) is 0 Å². The summed E-state index contributed by atoms with van der Waals surface area (Å²) in [5.74, 6) is -0.0402. The SMILES string of the molecule is Cc1cccc(C(=O)c2c[nH]c3cc(C#N)ccc23)c1Br. The van der Waals surface area contributed by atoms with Crippen LogP contribution in [0.25, 0.3) is 10.9 Å². The normalized spacial score (nSPS) is 10.5. The highest BCUT2D eigenvalue weighted by molar-refractivity contribution is 9.10. The topological polar surface area (TPSA) is 56.6 Å². The van der Waals surface area contributed by atoms with Crippen molar-refractivity contribution in [2.75, 3.05) is 0 Å². The summed E-state index contributed by atoms with van der Waals surface area (Å²) >= 11 is 3.48. The van der Waals surface area contributed by atoms with Gasteiger partial charge in [0.15, 0.2) is 5.78 Å². The molecule has 2 aromatic carbocycles. The summed E-state index contributed by atoms with van der Waals surface area (Å²) in [5, 5.41) is 9.75. The number of hydrogen-bond donors (Lipinski definition) is 1. The van der Waals surface area contributed by atoms with Crippen LogP contribution in [0.3, 0.4) is 0 Å². The van der Waals surface area contributed by atoms with Gasteiger partial charge in [0.2, 0.25) is 0 Å². The maximum atomic E-state index is 12.7. The van der Waals surface area contributed by atoms with Gasteiger partial charge in [0.25, 0.3) is 0 Å². The van der Waals surface area contributed by atoms with Crippen molar-refractivity contribution >= 4 is 32.6 Å². The Kier molecular flexibility index (Phi) is 3.36. The zero-order valence-corrected chi connectivity index (χ0v) is 12.9. The molecule has 0 fully saturated rings. The molecule has 1 heterocycles. The largest absolute Gasteiger partial charge is 0.360 e. The maximum absolute atomic E-state index is 12.7. The van der Waals surface area contributed by atoms with E-state index in [0.717, 1.165) is 20.9 Å². The average Bonchev–Trinajstić information content (AvgIpc) is 2.92. The van der Waals surface area contributed by atoms with Crippen molar-refractivity contribution in [3.8, 4) is 6.07 Å². The number of carbonyl (C=O) groups is 1. The molecule has 4 heteroatoms. The summed E-state index contributed by atoms with van der Waals surface area (Å²) in [5.41, 5.74) is 3.63. The molecule has 1 aromatic heterocycles. The molecule has 0 aliphatic carbocycles. The van der Waals surface area contributed by atoms with Gasteiger partial charge in [0, 0.05) is 32.7 Å². The highest BCUT2D eigenvalue weighted by Crippen LogP contribution is 2.27. The molecule has 3 rings (SSSR count). The Labute approximate surface area is 130 Å². The minimum absolute atomic E-state index is 0.0402. The summed E-state index contributed by atoms with van der Waals surface area (Å²) < 4.78 is 0.818. The van der Waals surface area contributed by atoms with Crippen molar-refractivity contribution in [2.45, 2.75) is 6.92 Å². The molecule has 1 N–H and O–H groups in total. The standard InChI is InChI=1S/C17H11BrN2O/c1-10-3-2-4-13(16(10)18)17(21)14-9-20-15-7-11(8-19)5-6-12(14)15/h2-7,9,20H,1H3. The van der Waals surface area contributed by atoms with Gasteiger partial charge in [-0.1, -0.05) is 18.2 Å². The number of aryl methyl sites for hydroxylation is 1. The molecule has 0 bridgehead atoms. The van der Waals surface area contributed by atoms with E-state index in [1.165, 1.54) is 0 Å². The molecule has 3 aromatic rings. The molecule has 0 aliphatic rings. The number of rotatable bonds is 2. The number of hydrogen-bond acceptors (Lipinski definition) is 2. The van der Waals surface area contributed by atoms with Crippen molar-refractivity contribution in [1.29, 1.82) is 5.26 Å². The lowest BCUT2D eigenvalue weighted by atomic mass is 10.0. The van der Waals surface area contributed by atoms with Gasteiger partial charge in [-0.25, -0.2) is 0 Å². The number of fused-ring (bicyclic) bond motifs is 1. The zero-order chi connectivity index (χ0) is 15.0. The van der Waals surface area contributed by atoms with Gasteiger partial charge < -0.3 is 4.98 Å². The second-order valence-electron chi connectivity index (χ2n) is 4.84. The second kappa shape index (κ2) is 5.19. The van der Waals surface area contributed by atoms with Crippen LogP contribution in [0.4, 0.5) is 0 Å². The van der Waals surface area contributed by atoms with E-state index in [9.17, 15) is 4.79 Å². The lowest BCUT2D eigenvalue weighted by molar-refractivity contribution is 0.103. The van der Waals surface area contributed by atoms with Crippen LogP contribution in [0.15, 0.2) is 47.1 Å². The summed E-state index contributed by atoms with van der Waals surface area (Å²) in [4.78, 5) is 15.8. The molecule has 0 aliphatic heterocycles. The quantitative estimate of drug-likeness (QED) is 0.706. The fourth-order valence-corrected chi connectivity index (χ4v) is 2.80. The third kappa shape index (κ3) is 2.26. The van der Waals surface area contributed by atoms with Gasteiger partial charge in [-0.15, -0.1) is 0 Å². The van der Waals surface area contributed by atoms with Gasteiger partial charge >= 0.3 is 0 Å². The first-order valence-electron chi connectivity index (χ1n) is 6.43. The van der Waals surface area contributed by atoms with Gasteiger partial charge in [-0.2, -0.15) is 5.26 Å². The van der Waals surface area contributed by atoms with Crippen molar-refractivity contribution in [2.24, 2.45) is 0 Å². The molecule has 21 heavy (non-hydrogen) atoms. The van der Waals surface area contributed by atoms with E-state index < -0.39 is 0 Å². The molecule has 0 saturated heterocycles. The highest BCUT2D eigenvalue weighted by atomic mass is 79.9. The van der Waals surface area contributed by atoms with Crippen molar-refractivity contribution < 1.29 is 4.79 Å². The fraction of sp³-hybridized carbons (Fsp3) is 0.0588. The molecule has 0 spiro atoms. The van der Waals surface area contributed by atoms with Crippen LogP contribution in [-0.4, -0.2) is 10.8 Å². The van der Waals surface area contributed by atoms with Gasteiger partial charge in [0.05, 0.1) is 11.6 Å². The Hall–Kier alpha value is -2.38. The second-order valence-corrected chi connectivity index (χ2v) is 5.63. The number of carbonyl (C=O) groups excluding carboxylic acids is 1. The first kappa shape index (κ1) is 13.6. The number of nitriles is 1. The van der Waals surface area contributed by atoms with Crippen molar-refractivity contribution in [1.82, 2.24) is 4.98 Å². The Bertz CT molecular complexity index is 903. The number of nitrogens with one attached hydrogen (secondary N) is 1. The van der Waals surface area contributed by atoms with E-state index in [2.05, 4.69) is 27.0 Å². The van der Waals surface area contributed by atoms with E-state index in [4.69, 9.17) is 5.26 Å². The molecule has 102 valence electrons. The van der Waals surface area contributed by atoms with Crippen LogP contribution in [0.2, 0.25) is 0 Å². The third-order valence-electron chi connectivity index (χ3n) is 3.49. The number of H-pyrrole nitrogens is 1. The molecule has 3 nitrogen and oxygen atoms in total. The van der Waals surface area contributed by atoms with Crippen LogP contribution in [-0.2, 0) is 0 Å². The smallest absolute Gasteiger partial charge is 0.196 e. The minimum atomic E-state index is -0.0402. The van der Waals surface area contributed by atoms with E-state index in [1.807, 2.05) is 25.1 Å². The maximum Gasteiger partial charge on any atom is 0.196 e. The lowest BCUT2D eigenvalue weighted by Gasteiger charge is -2.05. The predicted molar refractivity (Wildman–Crippen MR) is 85.3 cm³/mol. The fourth-order valence-electron chi connectivity index (χ4n) is 2.35. The molecule has 0 atom stereocenters. The van der Waals surface area contributed by atoms with E-state index in [0.29, 0.717) is 16.7 Å². The molecule has 0 amide bonds. The number of nitrogens with zero attached hydrogens (tertiary/aromatic N) is 1. The number of benzene rings is 2. The Morgan fingerprint density at radius 1 is 1.24 bits per heavy atom. The average molecular weight is 339 g/mol. The molecular weight excluding hydrogens is 328 g/mol. The first-order valence-corrected chi connectivity index (χ1v) is 7.22. The number of aromatic amines is 1. The number of halogens is 1. The highest BCUT2D eigenvalue weighted by Gasteiger charge is 2.17. The summed E-state index contributed by atoms with van der Waals surface area (Å²) in [6.45, 7) is 1.95. The minimum Gasteiger partial charge on any atom is -0.360 e. The third-order valence-corrected chi connectivity index (χ3v) is 4.54. The van der Waals surface area contributed by atoms with Gasteiger partial charge in [-0.05, 0) is 46.6 Å². The number of ketones is 1. The van der Waals surface area contributed by atoms with E-state index >= 15 is 0 Å². The first-order chi connectivity index (χ1) is 10.1. The lowest BCUT2D eigenvalue weighted by Crippen LogP contribution is -2.02. The van der Waals surface area contributed by atoms with Crippen molar-refractivity contribution in [3.05, 3.63) is 69.3 Å². The molecule has 0 unspecified atom stereocenters. The van der Waals surface area contributed by atoms with Crippen LogP contribution < -0.4 is 0 Å². The summed E-state index contributed by atoms with van der Waals surface area (Å²) in [7, 11) is 0. The van der Waals surface area contributed by atoms with Gasteiger partial charge in [0.1, 0.15) is 0 Å². The van der Waals surface area contributed by atoms with Gasteiger partial charge in [-0.3, -0.25) is 4.79 Å². The Balaban J connectivity index is 2.15. The molecule has 0 radical (unpaired) electrons. The summed E-state index contributed by atoms with van der Waals surface area (Å²) in [6.07, 6.45) is 1.70. The Morgan fingerprint density at radius 3 is 2.81 bits per heavy atom. The van der Waals surface area contributed by atoms with Crippen LogP contribution >= 0.6 is 15.9 Å².